The first-order valence-electron chi connectivity index (χ1n) is 6.95. The van der Waals surface area contributed by atoms with Crippen LogP contribution in [0.2, 0.25) is 0 Å². The van der Waals surface area contributed by atoms with Crippen LogP contribution in [-0.2, 0) is 11.2 Å². The van der Waals surface area contributed by atoms with Crippen molar-refractivity contribution in [3.8, 4) is 0 Å². The lowest BCUT2D eigenvalue weighted by Crippen LogP contribution is -2.30. The molecule has 0 saturated heterocycles. The zero-order chi connectivity index (χ0) is 14.3. The standard InChI is InChI=1S/C16H24ClNO/c1-4-14(7-8-17)11-18-16(19)10-15-6-5-12(2)13(3)9-15/h5-6,9,14H,4,7-8,10-11H2,1-3H3,(H,18,19). The molecule has 0 spiro atoms. The number of halogens is 1. The van der Waals surface area contributed by atoms with Gasteiger partial charge in [-0.2, -0.15) is 0 Å². The van der Waals surface area contributed by atoms with Crippen LogP contribution in [0.15, 0.2) is 18.2 Å². The fourth-order valence-corrected chi connectivity index (χ4v) is 2.33. The first-order chi connectivity index (χ1) is 9.06. The van der Waals surface area contributed by atoms with Crippen LogP contribution in [0, 0.1) is 19.8 Å². The maximum Gasteiger partial charge on any atom is 0.224 e. The molecular weight excluding hydrogens is 258 g/mol. The summed E-state index contributed by atoms with van der Waals surface area (Å²) in [4.78, 5) is 11.9. The van der Waals surface area contributed by atoms with Crippen LogP contribution < -0.4 is 5.32 Å². The number of benzene rings is 1. The lowest BCUT2D eigenvalue weighted by Gasteiger charge is -2.14. The van der Waals surface area contributed by atoms with E-state index >= 15 is 0 Å². The van der Waals surface area contributed by atoms with E-state index in [1.54, 1.807) is 0 Å². The number of amides is 1. The molecule has 1 amide bonds. The Morgan fingerprint density at radius 3 is 2.63 bits per heavy atom. The van der Waals surface area contributed by atoms with E-state index in [2.05, 4.69) is 38.2 Å². The van der Waals surface area contributed by atoms with Gasteiger partial charge in [-0.3, -0.25) is 4.79 Å². The highest BCUT2D eigenvalue weighted by Crippen LogP contribution is 2.11. The summed E-state index contributed by atoms with van der Waals surface area (Å²) in [6, 6.07) is 6.18. The molecule has 0 radical (unpaired) electrons. The Hall–Kier alpha value is -1.02. The molecule has 0 fully saturated rings. The van der Waals surface area contributed by atoms with Crippen molar-refractivity contribution < 1.29 is 4.79 Å². The minimum absolute atomic E-state index is 0.0938. The average Bonchev–Trinajstić information content (AvgIpc) is 2.39. The van der Waals surface area contributed by atoms with Gasteiger partial charge >= 0.3 is 0 Å². The third kappa shape index (κ3) is 5.65. The van der Waals surface area contributed by atoms with Gasteiger partial charge in [0.05, 0.1) is 6.42 Å². The van der Waals surface area contributed by atoms with E-state index in [0.717, 1.165) is 24.9 Å². The number of nitrogens with one attached hydrogen (secondary N) is 1. The number of aryl methyl sites for hydroxylation is 2. The van der Waals surface area contributed by atoms with Crippen LogP contribution in [-0.4, -0.2) is 18.3 Å². The number of carbonyl (C=O) groups excluding carboxylic acids is 1. The van der Waals surface area contributed by atoms with E-state index in [1.807, 2.05) is 6.07 Å². The topological polar surface area (TPSA) is 29.1 Å². The summed E-state index contributed by atoms with van der Waals surface area (Å²) in [6.07, 6.45) is 2.47. The SMILES string of the molecule is CCC(CCCl)CNC(=O)Cc1ccc(C)c(C)c1. The molecule has 1 aromatic rings. The molecule has 0 aliphatic heterocycles. The van der Waals surface area contributed by atoms with Crippen molar-refractivity contribution in [3.05, 3.63) is 34.9 Å². The number of rotatable bonds is 7. The molecule has 0 bridgehead atoms. The summed E-state index contributed by atoms with van der Waals surface area (Å²) < 4.78 is 0. The fourth-order valence-electron chi connectivity index (χ4n) is 2.02. The maximum atomic E-state index is 11.9. The lowest BCUT2D eigenvalue weighted by atomic mass is 10.0. The lowest BCUT2D eigenvalue weighted by molar-refractivity contribution is -0.120. The van der Waals surface area contributed by atoms with Gasteiger partial charge in [0.2, 0.25) is 5.91 Å². The van der Waals surface area contributed by atoms with Crippen molar-refractivity contribution in [1.82, 2.24) is 5.32 Å². The van der Waals surface area contributed by atoms with Crippen LogP contribution in [0.25, 0.3) is 0 Å². The van der Waals surface area contributed by atoms with Gasteiger partial charge in [-0.05, 0) is 42.9 Å². The van der Waals surface area contributed by atoms with Crippen LogP contribution in [0.4, 0.5) is 0 Å². The van der Waals surface area contributed by atoms with E-state index in [0.29, 0.717) is 18.2 Å². The molecule has 19 heavy (non-hydrogen) atoms. The van der Waals surface area contributed by atoms with E-state index in [4.69, 9.17) is 11.6 Å². The second-order valence-corrected chi connectivity index (χ2v) is 5.53. The van der Waals surface area contributed by atoms with Crippen molar-refractivity contribution in [2.24, 2.45) is 5.92 Å². The smallest absolute Gasteiger partial charge is 0.224 e. The Morgan fingerprint density at radius 2 is 2.05 bits per heavy atom. The molecule has 2 nitrogen and oxygen atoms in total. The largest absolute Gasteiger partial charge is 0.356 e. The third-order valence-electron chi connectivity index (χ3n) is 3.62. The highest BCUT2D eigenvalue weighted by atomic mass is 35.5. The van der Waals surface area contributed by atoms with Crippen LogP contribution in [0.5, 0.6) is 0 Å². The van der Waals surface area contributed by atoms with Gasteiger partial charge in [0.1, 0.15) is 0 Å². The number of carbonyl (C=O) groups is 1. The monoisotopic (exact) mass is 281 g/mol. The molecule has 106 valence electrons. The van der Waals surface area contributed by atoms with Crippen molar-refractivity contribution in [2.75, 3.05) is 12.4 Å². The molecule has 0 aliphatic rings. The Balaban J connectivity index is 2.44. The number of alkyl halides is 1. The summed E-state index contributed by atoms with van der Waals surface area (Å²) in [5, 5.41) is 3.00. The van der Waals surface area contributed by atoms with Crippen molar-refractivity contribution in [3.63, 3.8) is 0 Å². The first-order valence-corrected chi connectivity index (χ1v) is 7.49. The van der Waals surface area contributed by atoms with Crippen molar-refractivity contribution >= 4 is 17.5 Å². The Bertz CT molecular complexity index is 417. The van der Waals surface area contributed by atoms with Crippen molar-refractivity contribution in [2.45, 2.75) is 40.0 Å². The fraction of sp³-hybridized carbons (Fsp3) is 0.562. The van der Waals surface area contributed by atoms with Crippen LogP contribution >= 0.6 is 11.6 Å². The van der Waals surface area contributed by atoms with E-state index in [-0.39, 0.29) is 5.91 Å². The molecule has 0 aromatic heterocycles. The molecule has 0 saturated carbocycles. The second-order valence-electron chi connectivity index (χ2n) is 5.15. The molecule has 1 rings (SSSR count). The van der Waals surface area contributed by atoms with Gasteiger partial charge in [0.25, 0.3) is 0 Å². The molecule has 3 heteroatoms. The maximum absolute atomic E-state index is 11.9. The molecule has 0 aliphatic carbocycles. The van der Waals surface area contributed by atoms with Gasteiger partial charge in [0, 0.05) is 12.4 Å². The third-order valence-corrected chi connectivity index (χ3v) is 3.84. The van der Waals surface area contributed by atoms with Gasteiger partial charge in [-0.25, -0.2) is 0 Å². The average molecular weight is 282 g/mol. The van der Waals surface area contributed by atoms with E-state index in [9.17, 15) is 4.79 Å². The first kappa shape index (κ1) is 16.0. The number of hydrogen-bond donors (Lipinski definition) is 1. The predicted molar refractivity (Wildman–Crippen MR) is 81.7 cm³/mol. The van der Waals surface area contributed by atoms with Crippen molar-refractivity contribution in [1.29, 1.82) is 0 Å². The molecular formula is C16H24ClNO. The van der Waals surface area contributed by atoms with Crippen LogP contribution in [0.3, 0.4) is 0 Å². The number of hydrogen-bond acceptors (Lipinski definition) is 1. The van der Waals surface area contributed by atoms with Gasteiger partial charge < -0.3 is 5.32 Å². The zero-order valence-corrected chi connectivity index (χ0v) is 12.9. The Morgan fingerprint density at radius 1 is 1.32 bits per heavy atom. The van der Waals surface area contributed by atoms with E-state index < -0.39 is 0 Å². The van der Waals surface area contributed by atoms with Crippen LogP contribution in [0.1, 0.15) is 36.5 Å². The highest BCUT2D eigenvalue weighted by Gasteiger charge is 2.09. The normalized spacial score (nSPS) is 12.2. The minimum atomic E-state index is 0.0938. The highest BCUT2D eigenvalue weighted by molar-refractivity contribution is 6.17. The summed E-state index contributed by atoms with van der Waals surface area (Å²) in [5.74, 6) is 1.24. The van der Waals surface area contributed by atoms with Gasteiger partial charge in [-0.15, -0.1) is 11.6 Å². The summed E-state index contributed by atoms with van der Waals surface area (Å²) in [5.41, 5.74) is 3.57. The predicted octanol–water partition coefficient (Wildman–Crippen LogP) is 3.62. The molecule has 1 N–H and O–H groups in total. The quantitative estimate of drug-likeness (QED) is 0.760. The summed E-state index contributed by atoms with van der Waals surface area (Å²) in [7, 11) is 0. The minimum Gasteiger partial charge on any atom is -0.356 e. The zero-order valence-electron chi connectivity index (χ0n) is 12.1. The molecule has 1 atom stereocenters. The summed E-state index contributed by atoms with van der Waals surface area (Å²) >= 11 is 5.74. The Labute approximate surface area is 121 Å². The molecule has 1 unspecified atom stereocenters. The van der Waals surface area contributed by atoms with Gasteiger partial charge in [-0.1, -0.05) is 31.5 Å². The van der Waals surface area contributed by atoms with E-state index in [1.165, 1.54) is 11.1 Å². The Kier molecular flexibility index (Phi) is 6.93. The van der Waals surface area contributed by atoms with Gasteiger partial charge in [0.15, 0.2) is 0 Å². The second kappa shape index (κ2) is 8.21. The molecule has 0 heterocycles. The summed E-state index contributed by atoms with van der Waals surface area (Å²) in [6.45, 7) is 7.01. The molecule has 1 aromatic carbocycles.